The number of hydrogen-bond donors (Lipinski definition) is 1. The van der Waals surface area contributed by atoms with E-state index in [1.165, 1.54) is 48.5 Å². The number of phenolic OH excluding ortho intramolecular Hbond substituents is 1. The molecule has 0 saturated heterocycles. The molecule has 0 radical (unpaired) electrons. The average molecular weight is 661 g/mol. The Hall–Kier alpha value is -5.40. The SMILES string of the molecule is Cc1ccc(S(=O)(=O)Oc2c(Cc3c(OS(=O)(=O)c4ccc(C)cc4)c4ccc(O)cc4oc3=O)c(=O)oc3ccccc23)cc1. The summed E-state index contributed by atoms with van der Waals surface area (Å²) in [4.78, 5) is 26.5. The molecule has 11 nitrogen and oxygen atoms in total. The Morgan fingerprint density at radius 1 is 0.609 bits per heavy atom. The lowest BCUT2D eigenvalue weighted by molar-refractivity contribution is 0.467. The van der Waals surface area contributed by atoms with Crippen molar-refractivity contribution in [2.75, 3.05) is 0 Å². The Kier molecular flexibility index (Phi) is 7.66. The maximum absolute atomic E-state index is 13.4. The van der Waals surface area contributed by atoms with E-state index in [1.807, 2.05) is 0 Å². The lowest BCUT2D eigenvalue weighted by Crippen LogP contribution is -2.20. The van der Waals surface area contributed by atoms with Crippen LogP contribution in [0.4, 0.5) is 0 Å². The second-order valence-corrected chi connectivity index (χ2v) is 13.5. The number of aromatic hydroxyl groups is 1. The van der Waals surface area contributed by atoms with Gasteiger partial charge in [0.1, 0.15) is 26.7 Å². The molecule has 13 heteroatoms. The zero-order valence-electron chi connectivity index (χ0n) is 24.2. The molecule has 1 N–H and O–H groups in total. The van der Waals surface area contributed by atoms with Crippen molar-refractivity contribution in [2.24, 2.45) is 0 Å². The summed E-state index contributed by atoms with van der Waals surface area (Å²) in [5.74, 6) is -1.19. The first-order valence-corrected chi connectivity index (χ1v) is 16.5. The minimum atomic E-state index is -4.56. The number of benzene rings is 4. The van der Waals surface area contributed by atoms with Crippen LogP contribution in [0.15, 0.2) is 119 Å². The molecule has 0 bridgehead atoms. The first-order valence-electron chi connectivity index (χ1n) is 13.7. The van der Waals surface area contributed by atoms with Crippen molar-refractivity contribution in [1.29, 1.82) is 0 Å². The highest BCUT2D eigenvalue weighted by atomic mass is 32.2. The molecule has 0 atom stereocenters. The lowest BCUT2D eigenvalue weighted by Gasteiger charge is -2.16. The predicted octanol–water partition coefficient (Wildman–Crippen LogP) is 5.35. The maximum Gasteiger partial charge on any atom is 0.343 e. The standard InChI is InChI=1S/C33H24O11S2/c1-19-7-12-22(13-8-19)45(37,38)43-30-24-5-3-4-6-28(24)41-32(35)26(30)18-27-31(25-16-11-21(34)17-29(25)42-33(27)36)44-46(39,40)23-14-9-20(2)10-15-23/h3-17,34H,18H2,1-2H3. The summed E-state index contributed by atoms with van der Waals surface area (Å²) >= 11 is 0. The average Bonchev–Trinajstić information content (AvgIpc) is 3.00. The molecular formula is C33H24O11S2. The lowest BCUT2D eigenvalue weighted by atomic mass is 10.0. The molecule has 46 heavy (non-hydrogen) atoms. The second kappa shape index (κ2) is 11.5. The van der Waals surface area contributed by atoms with Gasteiger partial charge in [-0.25, -0.2) is 9.59 Å². The van der Waals surface area contributed by atoms with Crippen LogP contribution >= 0.6 is 0 Å². The van der Waals surface area contributed by atoms with Crippen LogP contribution in [0.1, 0.15) is 22.3 Å². The van der Waals surface area contributed by atoms with Crippen molar-refractivity contribution in [3.05, 3.63) is 134 Å². The van der Waals surface area contributed by atoms with Crippen molar-refractivity contribution in [2.45, 2.75) is 30.1 Å². The van der Waals surface area contributed by atoms with Crippen LogP contribution in [-0.4, -0.2) is 21.9 Å². The molecule has 0 saturated carbocycles. The highest BCUT2D eigenvalue weighted by Gasteiger charge is 2.29. The third-order valence-electron chi connectivity index (χ3n) is 7.15. The van der Waals surface area contributed by atoms with E-state index in [0.717, 1.165) is 17.2 Å². The predicted molar refractivity (Wildman–Crippen MR) is 167 cm³/mol. The van der Waals surface area contributed by atoms with Crippen LogP contribution in [0, 0.1) is 13.8 Å². The largest absolute Gasteiger partial charge is 0.508 e. The number of phenols is 1. The van der Waals surface area contributed by atoms with Crippen molar-refractivity contribution in [1.82, 2.24) is 0 Å². The first-order chi connectivity index (χ1) is 21.8. The van der Waals surface area contributed by atoms with Gasteiger partial charge in [-0.3, -0.25) is 0 Å². The normalized spacial score (nSPS) is 12.0. The third-order valence-corrected chi connectivity index (χ3v) is 9.62. The van der Waals surface area contributed by atoms with Gasteiger partial charge in [-0.15, -0.1) is 0 Å². The van der Waals surface area contributed by atoms with E-state index in [4.69, 9.17) is 17.2 Å². The van der Waals surface area contributed by atoms with Crippen LogP contribution in [0.2, 0.25) is 0 Å². The fourth-order valence-corrected chi connectivity index (χ4v) is 6.71. The molecule has 0 fully saturated rings. The Labute approximate surface area is 262 Å². The molecule has 0 unspecified atom stereocenters. The second-order valence-electron chi connectivity index (χ2n) is 10.4. The van der Waals surface area contributed by atoms with E-state index in [-0.39, 0.29) is 37.5 Å². The van der Waals surface area contributed by atoms with Crippen LogP contribution in [0.25, 0.3) is 21.9 Å². The minimum Gasteiger partial charge on any atom is -0.508 e. The zero-order valence-corrected chi connectivity index (χ0v) is 25.8. The first kappa shape index (κ1) is 30.6. The topological polar surface area (TPSA) is 167 Å². The smallest absolute Gasteiger partial charge is 0.343 e. The van der Waals surface area contributed by atoms with Gasteiger partial charge in [0, 0.05) is 12.5 Å². The molecular weight excluding hydrogens is 636 g/mol. The van der Waals surface area contributed by atoms with Crippen molar-refractivity contribution >= 4 is 42.2 Å². The monoisotopic (exact) mass is 660 g/mol. The summed E-state index contributed by atoms with van der Waals surface area (Å²) in [6.45, 7) is 3.55. The molecule has 2 aromatic heterocycles. The summed E-state index contributed by atoms with van der Waals surface area (Å²) in [5, 5.41) is 10.1. The molecule has 0 aliphatic carbocycles. The number of fused-ring (bicyclic) bond motifs is 2. The zero-order chi connectivity index (χ0) is 32.8. The fraction of sp³-hybridized carbons (Fsp3) is 0.0909. The van der Waals surface area contributed by atoms with Gasteiger partial charge in [-0.1, -0.05) is 47.5 Å². The summed E-state index contributed by atoms with van der Waals surface area (Å²) in [5.41, 5.74) is -1.65. The van der Waals surface area contributed by atoms with E-state index >= 15 is 0 Å². The Morgan fingerprint density at radius 3 is 1.59 bits per heavy atom. The van der Waals surface area contributed by atoms with E-state index in [0.29, 0.717) is 0 Å². The highest BCUT2D eigenvalue weighted by Crippen LogP contribution is 2.36. The molecule has 4 aromatic carbocycles. The van der Waals surface area contributed by atoms with Gasteiger partial charge in [0.25, 0.3) is 0 Å². The van der Waals surface area contributed by atoms with E-state index in [1.54, 1.807) is 50.2 Å². The number of hydrogen-bond acceptors (Lipinski definition) is 11. The Balaban J connectivity index is 1.56. The number of aryl methyl sites for hydroxylation is 2. The number of para-hydroxylation sites is 1. The van der Waals surface area contributed by atoms with Crippen molar-refractivity contribution < 1.29 is 39.1 Å². The van der Waals surface area contributed by atoms with Gasteiger partial charge in [0.15, 0.2) is 11.5 Å². The quantitative estimate of drug-likeness (QED) is 0.165. The number of rotatable bonds is 8. The summed E-state index contributed by atoms with van der Waals surface area (Å²) in [6.07, 6.45) is -0.718. The van der Waals surface area contributed by atoms with E-state index in [9.17, 15) is 31.5 Å². The third kappa shape index (κ3) is 5.85. The highest BCUT2D eigenvalue weighted by molar-refractivity contribution is 7.87. The molecule has 6 aromatic rings. The molecule has 234 valence electrons. The van der Waals surface area contributed by atoms with Crippen LogP contribution < -0.4 is 19.6 Å². The van der Waals surface area contributed by atoms with Gasteiger partial charge in [-0.05, 0) is 62.4 Å². The summed E-state index contributed by atoms with van der Waals surface area (Å²) in [6, 6.07) is 21.2. The fourth-order valence-electron chi connectivity index (χ4n) is 4.76. The van der Waals surface area contributed by atoms with Crippen LogP contribution in [-0.2, 0) is 26.7 Å². The van der Waals surface area contributed by atoms with Gasteiger partial charge >= 0.3 is 31.5 Å². The van der Waals surface area contributed by atoms with E-state index in [2.05, 4.69) is 0 Å². The maximum atomic E-state index is 13.4. The van der Waals surface area contributed by atoms with Crippen molar-refractivity contribution in [3.8, 4) is 17.2 Å². The Bertz CT molecular complexity index is 2480. The Morgan fingerprint density at radius 2 is 1.07 bits per heavy atom. The van der Waals surface area contributed by atoms with E-state index < -0.39 is 60.5 Å². The van der Waals surface area contributed by atoms with Gasteiger partial charge in [0.05, 0.1) is 21.9 Å². The molecule has 6 rings (SSSR count). The summed E-state index contributed by atoms with van der Waals surface area (Å²) < 4.78 is 75.7. The van der Waals surface area contributed by atoms with Crippen LogP contribution in [0.5, 0.6) is 17.2 Å². The van der Waals surface area contributed by atoms with Gasteiger partial charge in [-0.2, -0.15) is 16.8 Å². The van der Waals surface area contributed by atoms with Crippen LogP contribution in [0.3, 0.4) is 0 Å². The molecule has 0 spiro atoms. The van der Waals surface area contributed by atoms with Crippen molar-refractivity contribution in [3.63, 3.8) is 0 Å². The summed E-state index contributed by atoms with van der Waals surface area (Å²) in [7, 11) is -9.08. The molecule has 0 amide bonds. The minimum absolute atomic E-state index is 0.00444. The molecule has 0 aliphatic rings. The van der Waals surface area contributed by atoms with Gasteiger partial charge in [0.2, 0.25) is 0 Å². The molecule has 2 heterocycles. The molecule has 0 aliphatic heterocycles. The van der Waals surface area contributed by atoms with Gasteiger partial charge < -0.3 is 22.3 Å².